The number of fused-ring (bicyclic) bond motifs is 6. The van der Waals surface area contributed by atoms with Gasteiger partial charge < -0.3 is 28.8 Å². The maximum Gasteiger partial charge on any atom is 0.147 e. The molecular weight excluding hydrogens is 1260 g/mol. The van der Waals surface area contributed by atoms with E-state index in [1.807, 2.05) is 0 Å². The van der Waals surface area contributed by atoms with Crippen LogP contribution in [0.25, 0.3) is 99.5 Å². The summed E-state index contributed by atoms with van der Waals surface area (Å²) >= 11 is 0. The van der Waals surface area contributed by atoms with Crippen LogP contribution >= 0.6 is 0 Å². The van der Waals surface area contributed by atoms with Gasteiger partial charge in [-0.2, -0.15) is 0 Å². The van der Waals surface area contributed by atoms with Crippen molar-refractivity contribution in [3.05, 3.63) is 228 Å². The number of ether oxygens (including phenoxy) is 2. The van der Waals surface area contributed by atoms with Gasteiger partial charge in [-0.3, -0.25) is 0 Å². The number of nitrogens with zero attached hydrogens (tertiary/aromatic N) is 2. The quantitative estimate of drug-likeness (QED) is 0.101. The summed E-state index contributed by atoms with van der Waals surface area (Å²) in [5.74, 6) is 1.68. The molecule has 2 atom stereocenters. The molecule has 0 aliphatic heterocycles. The third-order valence-corrected chi connectivity index (χ3v) is 21.2. The molecule has 0 spiro atoms. The first kappa shape index (κ1) is 73.7. The largest absolute Gasteiger partial charge is 0.505 e. The van der Waals surface area contributed by atoms with E-state index < -0.39 is 0 Å². The second-order valence-corrected chi connectivity index (χ2v) is 37.9. The second-order valence-electron chi connectivity index (χ2n) is 37.9. The summed E-state index contributed by atoms with van der Waals surface area (Å²) in [7, 11) is 0. The zero-order valence-corrected chi connectivity index (χ0v) is 66.4. The van der Waals surface area contributed by atoms with E-state index in [0.29, 0.717) is 29.0 Å². The molecule has 0 saturated carbocycles. The van der Waals surface area contributed by atoms with Gasteiger partial charge in [-0.25, -0.2) is 0 Å². The van der Waals surface area contributed by atoms with Crippen molar-refractivity contribution in [2.75, 3.05) is 0 Å². The molecule has 2 aromatic heterocycles. The lowest BCUT2D eigenvalue weighted by molar-refractivity contribution is 0.131. The minimum atomic E-state index is -0.369. The van der Waals surface area contributed by atoms with Crippen molar-refractivity contribution < 1.29 is 19.7 Å². The molecule has 0 saturated heterocycles. The molecule has 536 valence electrons. The molecule has 10 aromatic carbocycles. The first-order chi connectivity index (χ1) is 47.9. The average Bonchev–Trinajstić information content (AvgIpc) is 1.62. The van der Waals surface area contributed by atoms with Crippen molar-refractivity contribution in [3.8, 4) is 78.9 Å². The molecule has 6 heteroatoms. The summed E-state index contributed by atoms with van der Waals surface area (Å²) < 4.78 is 19.3. The molecule has 2 N–H and O–H groups in total. The van der Waals surface area contributed by atoms with Crippen LogP contribution < -0.4 is 9.47 Å². The van der Waals surface area contributed by atoms with Crippen molar-refractivity contribution in [1.82, 2.24) is 9.13 Å². The highest BCUT2D eigenvalue weighted by Crippen LogP contribution is 2.52. The van der Waals surface area contributed by atoms with Crippen LogP contribution in [0.2, 0.25) is 0 Å². The zero-order chi connectivity index (χ0) is 74.6. The standard InChI is InChI=1S/C97H114N2O4/c1-60(102-86-45-35-64(62-31-27-25-28-32-62)48-76(86)78-54-70(96(21,22)58-90(3,4)5)56-84(88(78)100)98-80-41-37-66(92(9,10)11)50-72(80)73-51-67(93(12,13)14)38-42-81(73)98)47-61(2)103-87-46-36-65(63-33-29-26-30-34-63)49-77(87)79-55-71(97(23,24)59-91(6,7)8)57-85(89(79)101)99-82-43-39-68(94(15,16)17)52-74(82)75-53-69(95(18,19)20)40-44-83(75)99/h25-46,48-57,60-61,100-101H,47,58-59H2,1-24H3/t60-,61-/m1/s1. The van der Waals surface area contributed by atoms with E-state index in [9.17, 15) is 10.2 Å². The SMILES string of the molecule is C[C@H](C[C@@H](C)Oc1ccc(-c2ccccc2)cc1-c1cc(C(C)(C)CC(C)(C)C)cc(-n2c3ccc(C(C)(C)C)cc3c3cc(C(C)(C)C)ccc32)c1O)Oc1ccc(-c2ccccc2)cc1-c1cc(C(C)(C)CC(C)(C)C)cc(-n2c3ccc(C(C)(C)C)cc3c3cc(C(C)(C)C)ccc32)c1O. The number of benzene rings is 10. The summed E-state index contributed by atoms with van der Waals surface area (Å²) in [6.45, 7) is 54.8. The molecule has 0 aliphatic carbocycles. The van der Waals surface area contributed by atoms with Gasteiger partial charge in [-0.05, 0) is 223 Å². The Bertz CT molecular complexity index is 4700. The smallest absolute Gasteiger partial charge is 0.147 e. The van der Waals surface area contributed by atoms with Crippen LogP contribution in [0.1, 0.15) is 219 Å². The van der Waals surface area contributed by atoms with Gasteiger partial charge in [0.15, 0.2) is 0 Å². The molecule has 0 bridgehead atoms. The predicted octanol–water partition coefficient (Wildman–Crippen LogP) is 27.2. The topological polar surface area (TPSA) is 68.8 Å². The maximum atomic E-state index is 13.6. The minimum absolute atomic E-state index is 0.000497. The second kappa shape index (κ2) is 26.6. The van der Waals surface area contributed by atoms with Crippen molar-refractivity contribution in [1.29, 1.82) is 0 Å². The Balaban J connectivity index is 0.998. The van der Waals surface area contributed by atoms with Crippen LogP contribution in [0.3, 0.4) is 0 Å². The third kappa shape index (κ3) is 15.2. The van der Waals surface area contributed by atoms with Crippen LogP contribution in [0.15, 0.2) is 194 Å². The molecular formula is C97H114N2O4. The number of phenols is 2. The van der Waals surface area contributed by atoms with Crippen LogP contribution in [0, 0.1) is 10.8 Å². The molecule has 0 fully saturated rings. The molecule has 0 amide bonds. The molecule has 6 nitrogen and oxygen atoms in total. The van der Waals surface area contributed by atoms with Crippen molar-refractivity contribution in [3.63, 3.8) is 0 Å². The monoisotopic (exact) mass is 1370 g/mol. The Morgan fingerprint density at radius 3 is 0.864 bits per heavy atom. The van der Waals surface area contributed by atoms with E-state index in [1.165, 1.54) is 22.3 Å². The first-order valence-corrected chi connectivity index (χ1v) is 37.6. The van der Waals surface area contributed by atoms with E-state index in [2.05, 4.69) is 369 Å². The highest BCUT2D eigenvalue weighted by Gasteiger charge is 2.35. The fourth-order valence-electron chi connectivity index (χ4n) is 16.4. The predicted molar refractivity (Wildman–Crippen MR) is 440 cm³/mol. The zero-order valence-electron chi connectivity index (χ0n) is 66.4. The van der Waals surface area contributed by atoms with Crippen LogP contribution in [-0.4, -0.2) is 31.6 Å². The Labute approximate surface area is 616 Å². The molecule has 0 unspecified atom stereocenters. The van der Waals surface area contributed by atoms with Gasteiger partial charge >= 0.3 is 0 Å². The van der Waals surface area contributed by atoms with Gasteiger partial charge in [-0.15, -0.1) is 0 Å². The maximum absolute atomic E-state index is 13.6. The van der Waals surface area contributed by atoms with E-state index >= 15 is 0 Å². The number of rotatable bonds is 16. The number of hydrogen-bond donors (Lipinski definition) is 2. The molecule has 0 aliphatic rings. The van der Waals surface area contributed by atoms with Gasteiger partial charge in [0.05, 0.1) is 45.6 Å². The molecule has 12 rings (SSSR count). The van der Waals surface area contributed by atoms with Crippen molar-refractivity contribution in [2.45, 2.75) is 230 Å². The average molecular weight is 1370 g/mol. The fourth-order valence-corrected chi connectivity index (χ4v) is 16.4. The van der Waals surface area contributed by atoms with Crippen molar-refractivity contribution >= 4 is 43.6 Å². The number of phenolic OH excluding ortho intramolecular Hbond substituents is 2. The summed E-state index contributed by atoms with van der Waals surface area (Å²) in [6, 6.07) is 70.4. The van der Waals surface area contributed by atoms with Crippen LogP contribution in [0.4, 0.5) is 0 Å². The Morgan fingerprint density at radius 1 is 0.301 bits per heavy atom. The highest BCUT2D eigenvalue weighted by atomic mass is 16.5. The lowest BCUT2D eigenvalue weighted by Crippen LogP contribution is -2.25. The lowest BCUT2D eigenvalue weighted by Gasteiger charge is -2.34. The number of aromatic nitrogens is 2. The van der Waals surface area contributed by atoms with E-state index in [-0.39, 0.29) is 67.0 Å². The van der Waals surface area contributed by atoms with E-state index in [1.54, 1.807) is 0 Å². The molecule has 0 radical (unpaired) electrons. The Morgan fingerprint density at radius 2 is 0.592 bits per heavy atom. The molecule has 103 heavy (non-hydrogen) atoms. The first-order valence-electron chi connectivity index (χ1n) is 37.6. The Hall–Kier alpha value is -9.00. The van der Waals surface area contributed by atoms with Gasteiger partial charge in [-0.1, -0.05) is 249 Å². The summed E-state index contributed by atoms with van der Waals surface area (Å²) in [6.07, 6.45) is 1.58. The van der Waals surface area contributed by atoms with E-state index in [4.69, 9.17) is 9.47 Å². The summed E-state index contributed by atoms with van der Waals surface area (Å²) in [5.41, 5.74) is 19.1. The normalized spacial score (nSPS) is 13.7. The van der Waals surface area contributed by atoms with Gasteiger partial charge in [0.2, 0.25) is 0 Å². The van der Waals surface area contributed by atoms with Gasteiger partial charge in [0, 0.05) is 50.2 Å². The van der Waals surface area contributed by atoms with Crippen molar-refractivity contribution in [2.24, 2.45) is 10.8 Å². The van der Waals surface area contributed by atoms with Crippen LogP contribution in [0.5, 0.6) is 23.0 Å². The fraction of sp³-hybridized carbons (Fsp3) is 0.381. The number of aromatic hydroxyl groups is 2. The summed E-state index contributed by atoms with van der Waals surface area (Å²) in [4.78, 5) is 0. The minimum Gasteiger partial charge on any atom is -0.505 e. The summed E-state index contributed by atoms with van der Waals surface area (Å²) in [5, 5.41) is 31.9. The number of hydrogen-bond acceptors (Lipinski definition) is 4. The van der Waals surface area contributed by atoms with Gasteiger partial charge in [0.1, 0.15) is 23.0 Å². The lowest BCUT2D eigenvalue weighted by atomic mass is 9.71. The van der Waals surface area contributed by atoms with Crippen LogP contribution in [-0.2, 0) is 32.5 Å². The van der Waals surface area contributed by atoms with Gasteiger partial charge in [0.25, 0.3) is 0 Å². The van der Waals surface area contributed by atoms with E-state index in [0.717, 1.165) is 112 Å². The third-order valence-electron chi connectivity index (χ3n) is 21.2. The molecule has 12 aromatic rings. The molecule has 2 heterocycles. The highest BCUT2D eigenvalue weighted by molar-refractivity contribution is 6.12. The Kier molecular flexibility index (Phi) is 19.0.